The van der Waals surface area contributed by atoms with Crippen LogP contribution in [0.5, 0.6) is 0 Å². The van der Waals surface area contributed by atoms with Crippen molar-refractivity contribution in [3.8, 4) is 0 Å². The zero-order valence-electron chi connectivity index (χ0n) is 18.3. The molecule has 2 amide bonds. The fourth-order valence-electron chi connectivity index (χ4n) is 3.34. The van der Waals surface area contributed by atoms with E-state index < -0.39 is 22.2 Å². The van der Waals surface area contributed by atoms with Gasteiger partial charge in [-0.05, 0) is 31.0 Å². The number of aromatic amines is 2. The predicted octanol–water partition coefficient (Wildman–Crippen LogP) is 3.89. The lowest BCUT2D eigenvalue weighted by Gasteiger charge is -2.27. The minimum Gasteiger partial charge on any atom is -0.353 e. The average Bonchev–Trinajstić information content (AvgIpc) is 2.82. The first-order valence-electron chi connectivity index (χ1n) is 10.3. The minimum atomic E-state index is -1.50. The van der Waals surface area contributed by atoms with Gasteiger partial charge in [-0.3, -0.25) is 19.7 Å². The number of hydrogen-bond donors (Lipinski definition) is 4. The lowest BCUT2D eigenvalue weighted by atomic mass is 9.81. The van der Waals surface area contributed by atoms with Crippen LogP contribution in [0.1, 0.15) is 23.6 Å². The second-order valence-electron chi connectivity index (χ2n) is 7.85. The maximum absolute atomic E-state index is 13.3. The number of nitro benzene ring substituents is 1. The quantitative estimate of drug-likeness (QED) is 0.153. The first kappa shape index (κ1) is 24.9. The number of carbonyl (C=O) groups is 2. The van der Waals surface area contributed by atoms with Gasteiger partial charge in [-0.2, -0.15) is 0 Å². The highest BCUT2D eigenvalue weighted by molar-refractivity contribution is 7.71. The third-order valence-electron chi connectivity index (χ3n) is 5.39. The molecule has 3 rings (SSSR count). The molecule has 34 heavy (non-hydrogen) atoms. The maximum Gasteiger partial charge on any atom is 0.269 e. The standard InChI is InChI=1S/C23H23N5O4S2/c1-23(12-15-6-8-18(9-7-15)28(31)32,21(29)26-13-16-4-2-10-24-19(16)33)22(30)27-14-17-5-3-11-25-20(17)34/h2-11H,12-14H2,1H3,(H,24,33)(H,25,34)(H,26,29)(H,27,30). The Kier molecular flexibility index (Phi) is 8.03. The van der Waals surface area contributed by atoms with E-state index in [2.05, 4.69) is 20.6 Å². The van der Waals surface area contributed by atoms with Gasteiger partial charge in [0.2, 0.25) is 11.8 Å². The van der Waals surface area contributed by atoms with E-state index in [1.165, 1.54) is 31.2 Å². The molecule has 1 aromatic carbocycles. The highest BCUT2D eigenvalue weighted by atomic mass is 32.1. The number of non-ortho nitro benzene ring substituents is 1. The van der Waals surface area contributed by atoms with Crippen LogP contribution < -0.4 is 10.6 Å². The predicted molar refractivity (Wildman–Crippen MR) is 132 cm³/mol. The minimum absolute atomic E-state index is 0.0337. The number of nitro groups is 1. The number of pyridine rings is 2. The van der Waals surface area contributed by atoms with E-state index in [1.54, 1.807) is 36.7 Å². The summed E-state index contributed by atoms with van der Waals surface area (Å²) in [7, 11) is 0. The van der Waals surface area contributed by atoms with Crippen LogP contribution in [0.2, 0.25) is 0 Å². The fraction of sp³-hybridized carbons (Fsp3) is 0.217. The molecule has 0 fully saturated rings. The highest BCUT2D eigenvalue weighted by Crippen LogP contribution is 2.25. The van der Waals surface area contributed by atoms with Gasteiger partial charge in [0.25, 0.3) is 5.69 Å². The Balaban J connectivity index is 1.83. The van der Waals surface area contributed by atoms with Crippen LogP contribution in [0.15, 0.2) is 60.9 Å². The average molecular weight is 498 g/mol. The Morgan fingerprint density at radius 2 is 1.38 bits per heavy atom. The van der Waals surface area contributed by atoms with Gasteiger partial charge in [-0.15, -0.1) is 0 Å². The molecule has 9 nitrogen and oxygen atoms in total. The van der Waals surface area contributed by atoms with Gasteiger partial charge < -0.3 is 20.6 Å². The molecule has 0 unspecified atom stereocenters. The third kappa shape index (κ3) is 6.00. The van der Waals surface area contributed by atoms with E-state index >= 15 is 0 Å². The Morgan fingerprint density at radius 1 is 0.912 bits per heavy atom. The van der Waals surface area contributed by atoms with Gasteiger partial charge in [0.05, 0.1) is 4.92 Å². The molecule has 0 bridgehead atoms. The summed E-state index contributed by atoms with van der Waals surface area (Å²) in [5.41, 5.74) is 0.443. The molecule has 0 aliphatic carbocycles. The molecule has 0 saturated carbocycles. The van der Waals surface area contributed by atoms with Crippen molar-refractivity contribution in [2.75, 3.05) is 0 Å². The van der Waals surface area contributed by atoms with E-state index in [4.69, 9.17) is 24.4 Å². The van der Waals surface area contributed by atoms with Crippen LogP contribution in [0.3, 0.4) is 0 Å². The molecule has 0 atom stereocenters. The van der Waals surface area contributed by atoms with Crippen molar-refractivity contribution >= 4 is 41.9 Å². The Labute approximate surface area is 205 Å². The number of hydrogen-bond acceptors (Lipinski definition) is 6. The highest BCUT2D eigenvalue weighted by Gasteiger charge is 2.41. The first-order valence-corrected chi connectivity index (χ1v) is 11.2. The molecule has 176 valence electrons. The topological polar surface area (TPSA) is 133 Å². The molecule has 0 saturated heterocycles. The first-order chi connectivity index (χ1) is 16.2. The smallest absolute Gasteiger partial charge is 0.269 e. The van der Waals surface area contributed by atoms with Crippen molar-refractivity contribution in [1.29, 1.82) is 0 Å². The van der Waals surface area contributed by atoms with Gasteiger partial charge in [-0.25, -0.2) is 0 Å². The summed E-state index contributed by atoms with van der Waals surface area (Å²) < 4.78 is 0.977. The molecular formula is C23H23N5O4S2. The Morgan fingerprint density at radius 3 is 1.79 bits per heavy atom. The summed E-state index contributed by atoms with van der Waals surface area (Å²) in [4.78, 5) is 42.9. The largest absolute Gasteiger partial charge is 0.353 e. The van der Waals surface area contributed by atoms with Crippen molar-refractivity contribution in [2.24, 2.45) is 5.41 Å². The van der Waals surface area contributed by atoms with Crippen molar-refractivity contribution in [1.82, 2.24) is 20.6 Å². The molecule has 11 heteroatoms. The summed E-state index contributed by atoms with van der Waals surface area (Å²) in [6, 6.07) is 12.9. The monoisotopic (exact) mass is 497 g/mol. The summed E-state index contributed by atoms with van der Waals surface area (Å²) in [5.74, 6) is -1.00. The normalized spacial score (nSPS) is 11.0. The number of carbonyl (C=O) groups excluding carboxylic acids is 2. The molecular weight excluding hydrogens is 474 g/mol. The zero-order chi connectivity index (χ0) is 24.7. The van der Waals surface area contributed by atoms with Crippen LogP contribution in [0, 0.1) is 24.8 Å². The fourth-order valence-corrected chi connectivity index (χ4v) is 3.76. The number of rotatable bonds is 9. The van der Waals surface area contributed by atoms with Crippen molar-refractivity contribution in [3.63, 3.8) is 0 Å². The zero-order valence-corrected chi connectivity index (χ0v) is 19.9. The van der Waals surface area contributed by atoms with Crippen LogP contribution >= 0.6 is 24.4 Å². The maximum atomic E-state index is 13.3. The van der Waals surface area contributed by atoms with Crippen molar-refractivity contribution in [3.05, 3.63) is 97.0 Å². The SMILES string of the molecule is CC(Cc1ccc([N+](=O)[O-])cc1)(C(=O)NCc1ccc[nH]c1=S)C(=O)NCc1ccc[nH]c1=S. The molecule has 4 N–H and O–H groups in total. The van der Waals surface area contributed by atoms with Crippen LogP contribution in [0.25, 0.3) is 0 Å². The van der Waals surface area contributed by atoms with Crippen LogP contribution in [-0.4, -0.2) is 26.7 Å². The van der Waals surface area contributed by atoms with Gasteiger partial charge in [0, 0.05) is 48.7 Å². The van der Waals surface area contributed by atoms with Crippen molar-refractivity contribution in [2.45, 2.75) is 26.4 Å². The molecule has 0 radical (unpaired) electrons. The third-order valence-corrected chi connectivity index (χ3v) is 6.15. The summed E-state index contributed by atoms with van der Waals surface area (Å²) in [5, 5.41) is 16.6. The van der Waals surface area contributed by atoms with Crippen LogP contribution in [0.4, 0.5) is 5.69 Å². The van der Waals surface area contributed by atoms with E-state index in [1.807, 2.05) is 0 Å². The number of nitrogens with zero attached hydrogens (tertiary/aromatic N) is 1. The van der Waals surface area contributed by atoms with Gasteiger partial charge in [0.15, 0.2) is 0 Å². The number of amides is 2. The van der Waals surface area contributed by atoms with Crippen molar-refractivity contribution < 1.29 is 14.5 Å². The lowest BCUT2D eigenvalue weighted by molar-refractivity contribution is -0.384. The Hall–Kier alpha value is -3.70. The summed E-state index contributed by atoms with van der Waals surface area (Å²) in [6.45, 7) is 1.82. The summed E-state index contributed by atoms with van der Waals surface area (Å²) in [6.07, 6.45) is 3.41. The molecule has 2 aromatic heterocycles. The van der Waals surface area contributed by atoms with Gasteiger partial charge in [-0.1, -0.05) is 48.7 Å². The molecule has 0 aliphatic heterocycles. The van der Waals surface area contributed by atoms with E-state index in [9.17, 15) is 19.7 Å². The molecule has 0 spiro atoms. The second-order valence-corrected chi connectivity index (χ2v) is 8.66. The molecule has 0 aliphatic rings. The molecule has 3 aromatic rings. The van der Waals surface area contributed by atoms with Gasteiger partial charge in [0.1, 0.15) is 14.7 Å². The lowest BCUT2D eigenvalue weighted by Crippen LogP contribution is -2.50. The molecule has 2 heterocycles. The second kappa shape index (κ2) is 10.9. The van der Waals surface area contributed by atoms with E-state index in [0.717, 1.165) is 0 Å². The Bertz CT molecular complexity index is 1250. The van der Waals surface area contributed by atoms with E-state index in [-0.39, 0.29) is 25.2 Å². The van der Waals surface area contributed by atoms with E-state index in [0.29, 0.717) is 26.0 Å². The number of nitrogens with one attached hydrogen (secondary N) is 4. The van der Waals surface area contributed by atoms with Gasteiger partial charge >= 0.3 is 0 Å². The number of benzene rings is 1. The van der Waals surface area contributed by atoms with Crippen LogP contribution in [-0.2, 0) is 29.1 Å². The summed E-state index contributed by atoms with van der Waals surface area (Å²) >= 11 is 10.5. The number of aromatic nitrogens is 2. The number of H-pyrrole nitrogens is 2.